The highest BCUT2D eigenvalue weighted by molar-refractivity contribution is 7.89. The SMILES string of the molecule is CC(C)COc1ccc(S(=O)(=O)NC(C=O)CC(=O)OC(=O)C(F)(F)F)c(OCCc2cccc3ccccc23)c1. The van der Waals surface area contributed by atoms with Crippen LogP contribution >= 0.6 is 0 Å². The monoisotopic (exact) mass is 595 g/mol. The van der Waals surface area contributed by atoms with Crippen molar-refractivity contribution in [3.63, 3.8) is 0 Å². The molecule has 0 aliphatic carbocycles. The first-order valence-electron chi connectivity index (χ1n) is 12.5. The van der Waals surface area contributed by atoms with Gasteiger partial charge in [0.15, 0.2) is 0 Å². The highest BCUT2D eigenvalue weighted by atomic mass is 32.2. The molecule has 0 heterocycles. The summed E-state index contributed by atoms with van der Waals surface area (Å²) in [7, 11) is -4.56. The molecule has 0 fully saturated rings. The molecule has 3 rings (SSSR count). The second kappa shape index (κ2) is 13.6. The van der Waals surface area contributed by atoms with Gasteiger partial charge < -0.3 is 19.0 Å². The van der Waals surface area contributed by atoms with E-state index in [2.05, 4.69) is 4.74 Å². The van der Waals surface area contributed by atoms with Crippen molar-refractivity contribution in [2.45, 2.75) is 43.8 Å². The van der Waals surface area contributed by atoms with E-state index in [1.54, 1.807) is 0 Å². The largest absolute Gasteiger partial charge is 0.493 e. The van der Waals surface area contributed by atoms with Crippen molar-refractivity contribution in [1.82, 2.24) is 4.72 Å². The Bertz CT molecular complexity index is 1500. The summed E-state index contributed by atoms with van der Waals surface area (Å²) in [4.78, 5) is 33.7. The minimum absolute atomic E-state index is 0.00195. The smallest absolute Gasteiger partial charge is 0.491 e. The van der Waals surface area contributed by atoms with Gasteiger partial charge in [-0.05, 0) is 34.4 Å². The van der Waals surface area contributed by atoms with Crippen molar-refractivity contribution < 1.29 is 50.2 Å². The number of alkyl halides is 3. The van der Waals surface area contributed by atoms with E-state index in [4.69, 9.17) is 9.47 Å². The topological polar surface area (TPSA) is 125 Å². The van der Waals surface area contributed by atoms with E-state index in [9.17, 15) is 36.0 Å². The number of rotatable bonds is 13. The Morgan fingerprint density at radius 2 is 1.71 bits per heavy atom. The summed E-state index contributed by atoms with van der Waals surface area (Å²) in [5, 5.41) is 2.03. The molecule has 0 saturated heterocycles. The van der Waals surface area contributed by atoms with E-state index in [0.29, 0.717) is 18.8 Å². The number of sulfonamides is 1. The van der Waals surface area contributed by atoms with Crippen LogP contribution in [0.2, 0.25) is 0 Å². The molecule has 1 N–H and O–H groups in total. The molecule has 0 spiro atoms. The van der Waals surface area contributed by atoms with Crippen molar-refractivity contribution in [2.75, 3.05) is 13.2 Å². The Kier molecular flexibility index (Phi) is 10.5. The molecule has 13 heteroatoms. The van der Waals surface area contributed by atoms with E-state index in [1.807, 2.05) is 61.0 Å². The zero-order chi connectivity index (χ0) is 30.2. The summed E-state index contributed by atoms with van der Waals surface area (Å²) in [5.74, 6) is -4.14. The van der Waals surface area contributed by atoms with E-state index in [-0.39, 0.29) is 24.6 Å². The van der Waals surface area contributed by atoms with Gasteiger partial charge in [-0.15, -0.1) is 0 Å². The number of benzene rings is 3. The predicted molar refractivity (Wildman–Crippen MR) is 142 cm³/mol. The standard InChI is InChI=1S/C28H28F3NO8S/c1-18(2)17-39-22-10-11-25(41(36,37)32-21(16-33)14-26(34)40-27(35)28(29,30)31)24(15-22)38-13-12-20-8-5-7-19-6-3-4-9-23(19)20/h3-11,15-16,18,21,32H,12-14,17H2,1-2H3. The molecular weight excluding hydrogens is 567 g/mol. The third kappa shape index (κ3) is 9.02. The van der Waals surface area contributed by atoms with Crippen molar-refractivity contribution in [2.24, 2.45) is 5.92 Å². The Morgan fingerprint density at radius 3 is 2.39 bits per heavy atom. The Balaban J connectivity index is 1.81. The summed E-state index contributed by atoms with van der Waals surface area (Å²) in [6.45, 7) is 4.26. The Labute approximate surface area is 234 Å². The fourth-order valence-corrected chi connectivity index (χ4v) is 5.01. The van der Waals surface area contributed by atoms with E-state index in [0.717, 1.165) is 16.3 Å². The van der Waals surface area contributed by atoms with Crippen molar-refractivity contribution >= 4 is 39.0 Å². The molecule has 0 amide bonds. The lowest BCUT2D eigenvalue weighted by Gasteiger charge is -2.17. The molecule has 3 aromatic rings. The van der Waals surface area contributed by atoms with Gasteiger partial charge in [0.1, 0.15) is 22.7 Å². The minimum atomic E-state index is -5.44. The summed E-state index contributed by atoms with van der Waals surface area (Å²) in [6, 6.07) is 15.6. The van der Waals surface area contributed by atoms with Gasteiger partial charge in [0, 0.05) is 12.5 Å². The second-order valence-corrected chi connectivity index (χ2v) is 11.1. The zero-order valence-corrected chi connectivity index (χ0v) is 23.0. The number of nitrogens with one attached hydrogen (secondary N) is 1. The van der Waals surface area contributed by atoms with Crippen LogP contribution in [-0.4, -0.2) is 52.1 Å². The quantitative estimate of drug-likeness (QED) is 0.176. The number of aldehydes is 1. The molecule has 1 unspecified atom stereocenters. The number of ether oxygens (including phenoxy) is 3. The number of carbonyl (C=O) groups excluding carboxylic acids is 3. The van der Waals surface area contributed by atoms with E-state index < -0.39 is 45.5 Å². The average molecular weight is 596 g/mol. The molecule has 0 saturated carbocycles. The number of esters is 2. The van der Waals surface area contributed by atoms with Crippen molar-refractivity contribution in [3.05, 3.63) is 66.2 Å². The first-order valence-corrected chi connectivity index (χ1v) is 13.9. The normalized spacial score (nSPS) is 12.6. The van der Waals surface area contributed by atoms with Gasteiger partial charge in [-0.1, -0.05) is 56.3 Å². The fraction of sp³-hybridized carbons (Fsp3) is 0.321. The average Bonchev–Trinajstić information content (AvgIpc) is 2.91. The van der Waals surface area contributed by atoms with Gasteiger partial charge in [-0.3, -0.25) is 4.79 Å². The molecule has 0 aliphatic heterocycles. The van der Waals surface area contributed by atoms with Crippen LogP contribution in [0.15, 0.2) is 65.6 Å². The number of carbonyl (C=O) groups is 3. The maximum atomic E-state index is 13.2. The second-order valence-electron chi connectivity index (χ2n) is 9.38. The highest BCUT2D eigenvalue weighted by Crippen LogP contribution is 2.30. The van der Waals surface area contributed by atoms with Gasteiger partial charge in [-0.25, -0.2) is 17.9 Å². The van der Waals surface area contributed by atoms with Crippen LogP contribution < -0.4 is 14.2 Å². The van der Waals surface area contributed by atoms with E-state index >= 15 is 0 Å². The van der Waals surface area contributed by atoms with E-state index in [1.165, 1.54) is 18.2 Å². The van der Waals surface area contributed by atoms with Crippen molar-refractivity contribution in [3.8, 4) is 11.5 Å². The highest BCUT2D eigenvalue weighted by Gasteiger charge is 2.42. The number of fused-ring (bicyclic) bond motifs is 1. The lowest BCUT2D eigenvalue weighted by Crippen LogP contribution is -2.39. The molecule has 0 bridgehead atoms. The first-order chi connectivity index (χ1) is 19.3. The van der Waals surface area contributed by atoms with Gasteiger partial charge in [-0.2, -0.15) is 13.2 Å². The molecule has 41 heavy (non-hydrogen) atoms. The fourth-order valence-electron chi connectivity index (χ4n) is 3.72. The molecule has 0 aromatic heterocycles. The Morgan fingerprint density at radius 1 is 1.00 bits per heavy atom. The molecule has 1 atom stereocenters. The van der Waals surface area contributed by atoms with Crippen molar-refractivity contribution in [1.29, 1.82) is 0 Å². The summed E-state index contributed by atoms with van der Waals surface area (Å²) < 4.78 is 80.5. The maximum Gasteiger partial charge on any atom is 0.491 e. The summed E-state index contributed by atoms with van der Waals surface area (Å²) in [5.41, 5.74) is 0.964. The van der Waals surface area contributed by atoms with Gasteiger partial charge >= 0.3 is 18.1 Å². The predicted octanol–water partition coefficient (Wildman–Crippen LogP) is 4.36. The molecule has 0 radical (unpaired) electrons. The van der Waals surface area contributed by atoms with Crippen LogP contribution in [0.3, 0.4) is 0 Å². The number of halogens is 3. The lowest BCUT2D eigenvalue weighted by atomic mass is 10.0. The summed E-state index contributed by atoms with van der Waals surface area (Å²) >= 11 is 0. The Hall–Kier alpha value is -3.97. The third-order valence-corrected chi connectivity index (χ3v) is 7.12. The lowest BCUT2D eigenvalue weighted by molar-refractivity contribution is -0.202. The van der Waals surface area contributed by atoms with Crippen LogP contribution in [-0.2, 0) is 35.6 Å². The van der Waals surface area contributed by atoms with Crippen LogP contribution in [0, 0.1) is 5.92 Å². The number of hydrogen-bond acceptors (Lipinski definition) is 8. The first kappa shape index (κ1) is 31.6. The number of hydrogen-bond donors (Lipinski definition) is 1. The molecule has 9 nitrogen and oxygen atoms in total. The maximum absolute atomic E-state index is 13.2. The molecule has 0 aliphatic rings. The van der Waals surface area contributed by atoms with Gasteiger partial charge in [0.05, 0.1) is 25.7 Å². The van der Waals surface area contributed by atoms with Crippen LogP contribution in [0.25, 0.3) is 10.8 Å². The minimum Gasteiger partial charge on any atom is -0.493 e. The van der Waals surface area contributed by atoms with Gasteiger partial charge in [0.25, 0.3) is 0 Å². The summed E-state index contributed by atoms with van der Waals surface area (Å²) in [6.07, 6.45) is -6.18. The van der Waals surface area contributed by atoms with Crippen LogP contribution in [0.1, 0.15) is 25.8 Å². The zero-order valence-electron chi connectivity index (χ0n) is 22.1. The van der Waals surface area contributed by atoms with Gasteiger partial charge in [0.2, 0.25) is 10.0 Å². The third-order valence-electron chi connectivity index (χ3n) is 5.59. The molecular formula is C28H28F3NO8S. The van der Waals surface area contributed by atoms with Crippen LogP contribution in [0.4, 0.5) is 13.2 Å². The molecule has 220 valence electrons. The molecule has 3 aromatic carbocycles. The van der Waals surface area contributed by atoms with Crippen LogP contribution in [0.5, 0.6) is 11.5 Å².